The number of nitrogens with two attached hydrogens (primary N) is 1. The molecule has 0 saturated heterocycles. The second-order valence-electron chi connectivity index (χ2n) is 4.09. The van der Waals surface area contributed by atoms with E-state index in [1.54, 1.807) is 19.1 Å². The van der Waals surface area contributed by atoms with Crippen LogP contribution >= 0.6 is 0 Å². The van der Waals surface area contributed by atoms with E-state index in [1.165, 1.54) is 17.5 Å². The maximum Gasteiger partial charge on any atom is 0.243 e. The lowest BCUT2D eigenvalue weighted by molar-refractivity contribution is 0.168. The van der Waals surface area contributed by atoms with Crippen LogP contribution in [0.3, 0.4) is 0 Å². The fourth-order valence-electron chi connectivity index (χ4n) is 1.71. The highest BCUT2D eigenvalue weighted by molar-refractivity contribution is 7.89. The lowest BCUT2D eigenvalue weighted by Gasteiger charge is -2.22. The molecule has 1 aromatic carbocycles. The van der Waals surface area contributed by atoms with Crippen molar-refractivity contribution in [3.8, 4) is 0 Å². The number of hydrogen-bond donors (Lipinski definition) is 2. The molecule has 0 bridgehead atoms. The zero-order valence-electron chi connectivity index (χ0n) is 11.2. The molecular formula is C12H20N2O4S. The van der Waals surface area contributed by atoms with Gasteiger partial charge in [0.2, 0.25) is 10.0 Å². The van der Waals surface area contributed by atoms with Gasteiger partial charge in [0.25, 0.3) is 0 Å². The summed E-state index contributed by atoms with van der Waals surface area (Å²) in [6.45, 7) is 1.90. The molecule has 0 spiro atoms. The lowest BCUT2D eigenvalue weighted by Crippen LogP contribution is -2.36. The molecule has 6 nitrogen and oxygen atoms in total. The molecule has 0 aliphatic rings. The van der Waals surface area contributed by atoms with Gasteiger partial charge in [0, 0.05) is 25.9 Å². The first-order valence-electron chi connectivity index (χ1n) is 5.90. The zero-order chi connectivity index (χ0) is 14.5. The number of hydrogen-bond acceptors (Lipinski definition) is 5. The van der Waals surface area contributed by atoms with Crippen molar-refractivity contribution < 1.29 is 18.3 Å². The lowest BCUT2D eigenvalue weighted by atomic mass is 10.2. The van der Waals surface area contributed by atoms with E-state index in [0.29, 0.717) is 11.3 Å². The standard InChI is InChI=1S/C12H20N2O4S/c1-10-11(13)4-3-5-12(10)19(16,17)14(6-8-15)7-9-18-2/h3-5,15H,6-9,13H2,1-2H3. The van der Waals surface area contributed by atoms with Crippen molar-refractivity contribution in [2.24, 2.45) is 0 Å². The minimum Gasteiger partial charge on any atom is -0.398 e. The summed E-state index contributed by atoms with van der Waals surface area (Å²) < 4.78 is 31.1. The second kappa shape index (κ2) is 6.85. The number of benzene rings is 1. The van der Waals surface area contributed by atoms with Gasteiger partial charge in [-0.05, 0) is 24.6 Å². The molecule has 0 aromatic heterocycles. The Bertz CT molecular complexity index is 516. The van der Waals surface area contributed by atoms with Gasteiger partial charge in [-0.25, -0.2) is 8.42 Å². The summed E-state index contributed by atoms with van der Waals surface area (Å²) in [4.78, 5) is 0.164. The molecule has 0 amide bonds. The maximum atomic E-state index is 12.5. The Morgan fingerprint density at radius 1 is 1.37 bits per heavy atom. The van der Waals surface area contributed by atoms with Gasteiger partial charge in [0.1, 0.15) is 0 Å². The van der Waals surface area contributed by atoms with Crippen LogP contribution in [0.25, 0.3) is 0 Å². The number of methoxy groups -OCH3 is 1. The van der Waals surface area contributed by atoms with Crippen LogP contribution in [0.1, 0.15) is 5.56 Å². The van der Waals surface area contributed by atoms with Gasteiger partial charge in [-0.15, -0.1) is 0 Å². The average Bonchev–Trinajstić information content (AvgIpc) is 2.37. The molecule has 1 rings (SSSR count). The van der Waals surface area contributed by atoms with Gasteiger partial charge < -0.3 is 15.6 Å². The molecule has 0 aliphatic heterocycles. The fraction of sp³-hybridized carbons (Fsp3) is 0.500. The highest BCUT2D eigenvalue weighted by atomic mass is 32.2. The molecule has 108 valence electrons. The zero-order valence-corrected chi connectivity index (χ0v) is 12.0. The maximum absolute atomic E-state index is 12.5. The van der Waals surface area contributed by atoms with Gasteiger partial charge in [0.15, 0.2) is 0 Å². The number of aliphatic hydroxyl groups excluding tert-OH is 1. The molecular weight excluding hydrogens is 268 g/mol. The Morgan fingerprint density at radius 3 is 2.63 bits per heavy atom. The monoisotopic (exact) mass is 288 g/mol. The summed E-state index contributed by atoms with van der Waals surface area (Å²) in [5.74, 6) is 0. The predicted molar refractivity (Wildman–Crippen MR) is 73.3 cm³/mol. The number of nitrogens with zero attached hydrogens (tertiary/aromatic N) is 1. The minimum absolute atomic E-state index is 0.0277. The van der Waals surface area contributed by atoms with Crippen molar-refractivity contribution >= 4 is 15.7 Å². The molecule has 0 saturated carbocycles. The smallest absolute Gasteiger partial charge is 0.243 e. The second-order valence-corrected chi connectivity index (χ2v) is 6.00. The van der Waals surface area contributed by atoms with E-state index in [9.17, 15) is 8.42 Å². The van der Waals surface area contributed by atoms with Gasteiger partial charge in [-0.1, -0.05) is 6.07 Å². The van der Waals surface area contributed by atoms with Gasteiger partial charge >= 0.3 is 0 Å². The summed E-state index contributed by atoms with van der Waals surface area (Å²) in [5.41, 5.74) is 6.68. The highest BCUT2D eigenvalue weighted by Gasteiger charge is 2.25. The van der Waals surface area contributed by atoms with Crippen LogP contribution < -0.4 is 5.73 Å². The van der Waals surface area contributed by atoms with Gasteiger partial charge in [-0.2, -0.15) is 4.31 Å². The van der Waals surface area contributed by atoms with Crippen molar-refractivity contribution in [2.45, 2.75) is 11.8 Å². The van der Waals surface area contributed by atoms with Crippen molar-refractivity contribution in [3.05, 3.63) is 23.8 Å². The highest BCUT2D eigenvalue weighted by Crippen LogP contribution is 2.23. The molecule has 0 radical (unpaired) electrons. The number of ether oxygens (including phenoxy) is 1. The number of aliphatic hydroxyl groups is 1. The summed E-state index contributed by atoms with van der Waals surface area (Å²) >= 11 is 0. The average molecular weight is 288 g/mol. The summed E-state index contributed by atoms with van der Waals surface area (Å²) in [7, 11) is -2.18. The number of nitrogen functional groups attached to an aromatic ring is 1. The van der Waals surface area contributed by atoms with Crippen LogP contribution in [0.2, 0.25) is 0 Å². The minimum atomic E-state index is -3.68. The van der Waals surface area contributed by atoms with E-state index in [1.807, 2.05) is 0 Å². The molecule has 0 aliphatic carbocycles. The summed E-state index contributed by atoms with van der Waals surface area (Å²) in [5, 5.41) is 9.00. The quantitative estimate of drug-likeness (QED) is 0.700. The number of rotatable bonds is 7. The van der Waals surface area contributed by atoms with Crippen LogP contribution in [0.5, 0.6) is 0 Å². The van der Waals surface area contributed by atoms with Crippen molar-refractivity contribution in [1.82, 2.24) is 4.31 Å². The van der Waals surface area contributed by atoms with Crippen molar-refractivity contribution in [1.29, 1.82) is 0 Å². The van der Waals surface area contributed by atoms with E-state index in [2.05, 4.69) is 0 Å². The Hall–Kier alpha value is -1.15. The molecule has 0 atom stereocenters. The molecule has 0 unspecified atom stereocenters. The third kappa shape index (κ3) is 3.66. The van der Waals surface area contributed by atoms with Crippen molar-refractivity contribution in [3.63, 3.8) is 0 Å². The van der Waals surface area contributed by atoms with Gasteiger partial charge in [0.05, 0.1) is 18.1 Å². The molecule has 7 heteroatoms. The Labute approximate surface area is 113 Å². The van der Waals surface area contributed by atoms with Crippen LogP contribution in [-0.2, 0) is 14.8 Å². The predicted octanol–water partition coefficient (Wildman–Crippen LogP) is 0.207. The van der Waals surface area contributed by atoms with E-state index < -0.39 is 10.0 Å². The van der Waals surface area contributed by atoms with E-state index in [0.717, 1.165) is 0 Å². The van der Waals surface area contributed by atoms with Crippen LogP contribution in [0.15, 0.2) is 23.1 Å². The Balaban J connectivity index is 3.15. The normalized spacial score (nSPS) is 12.0. The van der Waals surface area contributed by atoms with E-state index in [-0.39, 0.29) is 31.2 Å². The number of sulfonamides is 1. The van der Waals surface area contributed by atoms with E-state index >= 15 is 0 Å². The third-order valence-electron chi connectivity index (χ3n) is 2.84. The topological polar surface area (TPSA) is 92.9 Å². The number of anilines is 1. The van der Waals surface area contributed by atoms with Crippen molar-refractivity contribution in [2.75, 3.05) is 39.1 Å². The summed E-state index contributed by atoms with van der Waals surface area (Å²) in [6.07, 6.45) is 0. The molecule has 19 heavy (non-hydrogen) atoms. The van der Waals surface area contributed by atoms with Crippen LogP contribution in [0, 0.1) is 6.92 Å². The molecule has 0 heterocycles. The largest absolute Gasteiger partial charge is 0.398 e. The van der Waals surface area contributed by atoms with Gasteiger partial charge in [-0.3, -0.25) is 0 Å². The molecule has 3 N–H and O–H groups in total. The fourth-order valence-corrected chi connectivity index (χ4v) is 3.38. The van der Waals surface area contributed by atoms with Crippen LogP contribution in [0.4, 0.5) is 5.69 Å². The third-order valence-corrected chi connectivity index (χ3v) is 4.88. The van der Waals surface area contributed by atoms with E-state index in [4.69, 9.17) is 15.6 Å². The molecule has 1 aromatic rings. The first-order chi connectivity index (χ1) is 8.95. The summed E-state index contributed by atoms with van der Waals surface area (Å²) in [6, 6.07) is 4.76. The molecule has 0 fully saturated rings. The first kappa shape index (κ1) is 15.9. The SMILES string of the molecule is COCCN(CCO)S(=O)(=O)c1cccc(N)c1C. The first-order valence-corrected chi connectivity index (χ1v) is 7.34. The van der Waals surface area contributed by atoms with Crippen LogP contribution in [-0.4, -0.2) is 51.2 Å². The Kier molecular flexibility index (Phi) is 5.74. The Morgan fingerprint density at radius 2 is 2.05 bits per heavy atom.